The van der Waals surface area contributed by atoms with Crippen LogP contribution in [0.2, 0.25) is 0 Å². The Morgan fingerprint density at radius 3 is 2.86 bits per heavy atom. The van der Waals surface area contributed by atoms with Gasteiger partial charge in [0.1, 0.15) is 0 Å². The number of nitrogens with zero attached hydrogens (tertiary/aromatic N) is 5. The number of likely N-dealkylation sites (tertiary alicyclic amines) is 1. The topological polar surface area (TPSA) is 101 Å². The summed E-state index contributed by atoms with van der Waals surface area (Å²) in [7, 11) is 0. The molecule has 1 aliphatic carbocycles. The Balaban J connectivity index is 1.53. The average Bonchev–Trinajstić information content (AvgIpc) is 3.23. The monoisotopic (exact) mass is 311 g/mol. The maximum atomic E-state index is 12.2. The third-order valence-electron chi connectivity index (χ3n) is 3.80. The van der Waals surface area contributed by atoms with Crippen LogP contribution in [-0.2, 0) is 9.59 Å². The Bertz CT molecular complexity index is 545. The molecule has 114 valence electrons. The van der Waals surface area contributed by atoms with E-state index in [-0.39, 0.29) is 11.7 Å². The lowest BCUT2D eigenvalue weighted by atomic mass is 9.98. The van der Waals surface area contributed by atoms with Gasteiger partial charge in [-0.05, 0) is 36.1 Å². The van der Waals surface area contributed by atoms with Gasteiger partial charge in [0.15, 0.2) is 0 Å². The van der Waals surface area contributed by atoms with Crippen LogP contribution >= 0.6 is 11.8 Å². The number of aliphatic carboxylic acids is 1. The molecule has 1 aromatic heterocycles. The van der Waals surface area contributed by atoms with Gasteiger partial charge in [0.2, 0.25) is 11.1 Å². The molecule has 0 spiro atoms. The minimum Gasteiger partial charge on any atom is -0.481 e. The summed E-state index contributed by atoms with van der Waals surface area (Å²) in [6.45, 7) is 0.943. The molecule has 0 aromatic carbocycles. The van der Waals surface area contributed by atoms with Crippen molar-refractivity contribution in [3.05, 3.63) is 0 Å². The Labute approximate surface area is 125 Å². The lowest BCUT2D eigenvalue weighted by Crippen LogP contribution is -2.43. The van der Waals surface area contributed by atoms with Gasteiger partial charge < -0.3 is 10.0 Å². The van der Waals surface area contributed by atoms with Crippen LogP contribution in [0.4, 0.5) is 0 Å². The first kappa shape index (κ1) is 14.3. The number of carbonyl (C=O) groups excluding carboxylic acids is 1. The fraction of sp³-hybridized carbons (Fsp3) is 0.750. The van der Waals surface area contributed by atoms with Crippen molar-refractivity contribution in [2.45, 2.75) is 36.9 Å². The third-order valence-corrected chi connectivity index (χ3v) is 4.72. The van der Waals surface area contributed by atoms with Crippen LogP contribution in [0.5, 0.6) is 0 Å². The number of hydrogen-bond acceptors (Lipinski definition) is 6. The van der Waals surface area contributed by atoms with E-state index in [0.717, 1.165) is 19.3 Å². The molecule has 2 heterocycles. The van der Waals surface area contributed by atoms with Crippen molar-refractivity contribution in [1.29, 1.82) is 0 Å². The summed E-state index contributed by atoms with van der Waals surface area (Å²) in [5.74, 6) is -1.06. The lowest BCUT2D eigenvalue weighted by molar-refractivity contribution is -0.145. The molecule has 0 bridgehead atoms. The van der Waals surface area contributed by atoms with E-state index in [9.17, 15) is 9.59 Å². The molecule has 3 rings (SSSR count). The van der Waals surface area contributed by atoms with Crippen LogP contribution in [0, 0.1) is 5.92 Å². The van der Waals surface area contributed by atoms with Crippen molar-refractivity contribution in [2.24, 2.45) is 5.92 Å². The summed E-state index contributed by atoms with van der Waals surface area (Å²) in [6.07, 6.45) is 3.55. The zero-order valence-corrected chi connectivity index (χ0v) is 12.3. The smallest absolute Gasteiger partial charge is 0.308 e. The first-order valence-electron chi connectivity index (χ1n) is 7.06. The van der Waals surface area contributed by atoms with Crippen molar-refractivity contribution < 1.29 is 14.7 Å². The van der Waals surface area contributed by atoms with E-state index in [4.69, 9.17) is 5.11 Å². The molecule has 1 aliphatic heterocycles. The van der Waals surface area contributed by atoms with Gasteiger partial charge in [-0.3, -0.25) is 9.59 Å². The first-order chi connectivity index (χ1) is 10.1. The zero-order chi connectivity index (χ0) is 14.8. The minimum absolute atomic E-state index is 0.0451. The van der Waals surface area contributed by atoms with Gasteiger partial charge in [-0.1, -0.05) is 11.8 Å². The van der Waals surface area contributed by atoms with Gasteiger partial charge in [-0.25, -0.2) is 4.68 Å². The van der Waals surface area contributed by atoms with E-state index in [1.54, 1.807) is 9.58 Å². The molecule has 0 radical (unpaired) electrons. The zero-order valence-electron chi connectivity index (χ0n) is 11.5. The fourth-order valence-electron chi connectivity index (χ4n) is 2.45. The van der Waals surface area contributed by atoms with Crippen LogP contribution in [0.15, 0.2) is 5.16 Å². The molecule has 1 atom stereocenters. The van der Waals surface area contributed by atoms with E-state index in [2.05, 4.69) is 15.5 Å². The number of carboxylic acids is 1. The molecular weight excluding hydrogens is 294 g/mol. The number of amides is 1. The summed E-state index contributed by atoms with van der Waals surface area (Å²) in [4.78, 5) is 24.9. The Morgan fingerprint density at radius 2 is 2.14 bits per heavy atom. The van der Waals surface area contributed by atoms with Gasteiger partial charge in [0.05, 0.1) is 17.7 Å². The van der Waals surface area contributed by atoms with Crippen molar-refractivity contribution >= 4 is 23.6 Å². The molecule has 9 heteroatoms. The molecule has 21 heavy (non-hydrogen) atoms. The van der Waals surface area contributed by atoms with E-state index in [1.807, 2.05) is 0 Å². The molecular formula is C12H17N5O3S. The largest absolute Gasteiger partial charge is 0.481 e. The molecule has 8 nitrogen and oxygen atoms in total. The number of piperidine rings is 1. The number of thioether (sulfide) groups is 1. The Hall–Kier alpha value is -1.64. The van der Waals surface area contributed by atoms with Gasteiger partial charge in [0, 0.05) is 13.1 Å². The normalized spacial score (nSPS) is 22.3. The van der Waals surface area contributed by atoms with E-state index in [1.165, 1.54) is 11.8 Å². The van der Waals surface area contributed by atoms with E-state index < -0.39 is 11.9 Å². The maximum Gasteiger partial charge on any atom is 0.308 e. The lowest BCUT2D eigenvalue weighted by Gasteiger charge is -2.30. The van der Waals surface area contributed by atoms with Crippen molar-refractivity contribution in [3.63, 3.8) is 0 Å². The summed E-state index contributed by atoms with van der Waals surface area (Å²) in [5, 5.41) is 21.2. The third kappa shape index (κ3) is 3.34. The van der Waals surface area contributed by atoms with Crippen molar-refractivity contribution in [1.82, 2.24) is 25.1 Å². The number of aromatic nitrogens is 4. The van der Waals surface area contributed by atoms with Gasteiger partial charge in [-0.2, -0.15) is 0 Å². The second-order valence-electron chi connectivity index (χ2n) is 5.44. The first-order valence-corrected chi connectivity index (χ1v) is 8.05. The number of hydrogen-bond donors (Lipinski definition) is 1. The average molecular weight is 311 g/mol. The van der Waals surface area contributed by atoms with Crippen LogP contribution in [0.3, 0.4) is 0 Å². The minimum atomic E-state index is -0.821. The standard InChI is InChI=1S/C12H17N5O3S/c18-10(16-5-1-2-8(6-16)11(19)20)7-21-12-13-14-15-17(12)9-3-4-9/h8-9H,1-7H2,(H,19,20)/t8-/m0/s1. The van der Waals surface area contributed by atoms with Crippen molar-refractivity contribution in [3.8, 4) is 0 Å². The SMILES string of the molecule is O=C(O)[C@H]1CCCN(C(=O)CSc2nnnn2C2CC2)C1. The Kier molecular flexibility index (Phi) is 4.09. The predicted octanol–water partition coefficient (Wildman–Crippen LogP) is 0.423. The molecule has 1 saturated heterocycles. The summed E-state index contributed by atoms with van der Waals surface area (Å²) in [6, 6.07) is 0.379. The highest BCUT2D eigenvalue weighted by Gasteiger charge is 2.30. The maximum absolute atomic E-state index is 12.2. The molecule has 2 aliphatic rings. The fourth-order valence-corrected chi connectivity index (χ4v) is 3.30. The molecule has 2 fully saturated rings. The van der Waals surface area contributed by atoms with Crippen LogP contribution < -0.4 is 0 Å². The van der Waals surface area contributed by atoms with E-state index in [0.29, 0.717) is 30.7 Å². The van der Waals surface area contributed by atoms with Gasteiger partial charge in [-0.15, -0.1) is 5.10 Å². The quantitative estimate of drug-likeness (QED) is 0.786. The van der Waals surface area contributed by atoms with Gasteiger partial charge in [0.25, 0.3) is 0 Å². The molecule has 1 saturated carbocycles. The second kappa shape index (κ2) is 6.00. The van der Waals surface area contributed by atoms with Crippen LogP contribution in [0.25, 0.3) is 0 Å². The van der Waals surface area contributed by atoms with Crippen LogP contribution in [0.1, 0.15) is 31.7 Å². The summed E-state index contributed by atoms with van der Waals surface area (Å²) >= 11 is 1.32. The molecule has 0 unspecified atom stereocenters. The number of carboxylic acid groups (broad SMARTS) is 1. The highest BCUT2D eigenvalue weighted by Crippen LogP contribution is 2.36. The van der Waals surface area contributed by atoms with E-state index >= 15 is 0 Å². The Morgan fingerprint density at radius 1 is 1.33 bits per heavy atom. The van der Waals surface area contributed by atoms with Gasteiger partial charge >= 0.3 is 5.97 Å². The number of carbonyl (C=O) groups is 2. The highest BCUT2D eigenvalue weighted by atomic mass is 32.2. The molecule has 1 aromatic rings. The second-order valence-corrected chi connectivity index (χ2v) is 6.39. The molecule has 1 N–H and O–H groups in total. The number of tetrazole rings is 1. The van der Waals surface area contributed by atoms with Crippen molar-refractivity contribution in [2.75, 3.05) is 18.8 Å². The molecule has 1 amide bonds. The summed E-state index contributed by atoms with van der Waals surface area (Å²) < 4.78 is 1.77. The highest BCUT2D eigenvalue weighted by molar-refractivity contribution is 7.99. The predicted molar refractivity (Wildman–Crippen MR) is 73.8 cm³/mol. The summed E-state index contributed by atoms with van der Waals surface area (Å²) in [5.41, 5.74) is 0. The van der Waals surface area contributed by atoms with Crippen LogP contribution in [-0.4, -0.2) is 60.9 Å². The number of rotatable bonds is 5.